The van der Waals surface area contributed by atoms with Crippen molar-refractivity contribution in [2.45, 2.75) is 56.9 Å². The Kier molecular flexibility index (Phi) is 10.0. The van der Waals surface area contributed by atoms with Gasteiger partial charge in [-0.05, 0) is 67.7 Å². The predicted octanol–water partition coefficient (Wildman–Crippen LogP) is 5.12. The SMILES string of the molecule is C[C@@H]1CN(c2ncc(F)c(Nc3ccc4c(c3)c3c(c(=O)n4C)OCC(F)(F)[C@H](C4CC4)N3)n2)CC[C@@H]1CN1CCN(c2cccc3c(C4CCC(=O)NC4=O)nn(C)c23)CC1. The number of imide groups is 1. The molecule has 5 aliphatic rings. The molecule has 3 aromatic heterocycles. The first-order valence-electron chi connectivity index (χ1n) is 21.6. The number of alkyl halides is 2. The molecular formula is C44H50F3N11O4. The Hall–Kier alpha value is -5.91. The number of carbonyl (C=O) groups is 2. The van der Waals surface area contributed by atoms with Gasteiger partial charge in [0.05, 0.1) is 46.3 Å². The van der Waals surface area contributed by atoms with Gasteiger partial charge >= 0.3 is 5.92 Å². The van der Waals surface area contributed by atoms with Crippen LogP contribution in [-0.4, -0.2) is 105 Å². The third kappa shape index (κ3) is 7.24. The van der Waals surface area contributed by atoms with E-state index in [0.717, 1.165) is 61.9 Å². The molecule has 0 radical (unpaired) electrons. The number of para-hydroxylation sites is 1. The fourth-order valence-corrected chi connectivity index (χ4v) is 9.98. The van der Waals surface area contributed by atoms with Crippen molar-refractivity contribution >= 4 is 62.4 Å². The van der Waals surface area contributed by atoms with E-state index in [1.165, 1.54) is 4.57 Å². The molecule has 4 fully saturated rings. The Bertz CT molecular complexity index is 2660. The molecule has 1 unspecified atom stereocenters. The van der Waals surface area contributed by atoms with E-state index in [1.807, 2.05) is 23.9 Å². The van der Waals surface area contributed by atoms with Crippen molar-refractivity contribution in [2.24, 2.45) is 31.8 Å². The highest BCUT2D eigenvalue weighted by atomic mass is 19.3. The maximum absolute atomic E-state index is 15.3. The van der Waals surface area contributed by atoms with E-state index in [1.54, 1.807) is 25.2 Å². The minimum Gasteiger partial charge on any atom is -0.480 e. The third-order valence-corrected chi connectivity index (χ3v) is 13.6. The summed E-state index contributed by atoms with van der Waals surface area (Å²) in [6, 6.07) is 10.1. The van der Waals surface area contributed by atoms with E-state index in [-0.39, 0.29) is 35.0 Å². The van der Waals surface area contributed by atoms with Gasteiger partial charge in [-0.3, -0.25) is 29.3 Å². The first kappa shape index (κ1) is 40.2. The van der Waals surface area contributed by atoms with Crippen LogP contribution in [0.5, 0.6) is 5.75 Å². The number of halogens is 3. The second-order valence-electron chi connectivity index (χ2n) is 17.7. The smallest absolute Gasteiger partial charge is 0.301 e. The molecule has 1 saturated carbocycles. The van der Waals surface area contributed by atoms with Crippen molar-refractivity contribution in [1.29, 1.82) is 0 Å². The number of nitrogens with one attached hydrogen (secondary N) is 3. The van der Waals surface area contributed by atoms with Gasteiger partial charge in [-0.15, -0.1) is 0 Å². The van der Waals surface area contributed by atoms with Gasteiger partial charge in [-0.2, -0.15) is 10.1 Å². The Morgan fingerprint density at radius 3 is 2.53 bits per heavy atom. The number of aromatic nitrogens is 5. The summed E-state index contributed by atoms with van der Waals surface area (Å²) in [6.07, 6.45) is 4.19. The van der Waals surface area contributed by atoms with Crippen LogP contribution in [0.25, 0.3) is 21.8 Å². The molecule has 4 atom stereocenters. The zero-order valence-electron chi connectivity index (χ0n) is 35.0. The number of amides is 2. The van der Waals surface area contributed by atoms with Crippen LogP contribution < -0.4 is 36.0 Å². The topological polar surface area (TPSA) is 155 Å². The molecule has 4 aliphatic heterocycles. The number of hydrogen-bond donors (Lipinski definition) is 3. The summed E-state index contributed by atoms with van der Waals surface area (Å²) in [5, 5.41) is 14.8. The van der Waals surface area contributed by atoms with E-state index in [9.17, 15) is 14.4 Å². The van der Waals surface area contributed by atoms with E-state index < -0.39 is 35.9 Å². The number of anilines is 5. The summed E-state index contributed by atoms with van der Waals surface area (Å²) < 4.78 is 54.4. The Morgan fingerprint density at radius 2 is 1.77 bits per heavy atom. The van der Waals surface area contributed by atoms with Gasteiger partial charge in [0.2, 0.25) is 23.5 Å². The molecule has 0 bridgehead atoms. The molecule has 18 heteroatoms. The molecule has 15 nitrogen and oxygen atoms in total. The number of hydrogen-bond acceptors (Lipinski definition) is 12. The number of piperazine rings is 1. The lowest BCUT2D eigenvalue weighted by molar-refractivity contribution is -0.134. The molecule has 1 aliphatic carbocycles. The summed E-state index contributed by atoms with van der Waals surface area (Å²) in [5.41, 5.74) is 3.48. The maximum atomic E-state index is 15.3. The average Bonchev–Trinajstić information content (AvgIpc) is 4.06. The number of benzene rings is 2. The van der Waals surface area contributed by atoms with Gasteiger partial charge in [0, 0.05) is 82.8 Å². The van der Waals surface area contributed by atoms with Crippen molar-refractivity contribution in [3.05, 3.63) is 64.5 Å². The first-order valence-corrected chi connectivity index (χ1v) is 21.6. The molecule has 2 aromatic carbocycles. The van der Waals surface area contributed by atoms with Gasteiger partial charge < -0.3 is 29.7 Å². The number of piperidine rings is 2. The molecule has 3 N–H and O–H groups in total. The van der Waals surface area contributed by atoms with Gasteiger partial charge in [0.15, 0.2) is 18.2 Å². The third-order valence-electron chi connectivity index (χ3n) is 13.6. The predicted molar refractivity (Wildman–Crippen MR) is 229 cm³/mol. The lowest BCUT2D eigenvalue weighted by atomic mass is 9.86. The number of aryl methyl sites for hydroxylation is 2. The zero-order chi connectivity index (χ0) is 43.0. The molecule has 2 amide bonds. The second-order valence-corrected chi connectivity index (χ2v) is 17.7. The number of pyridine rings is 1. The minimum absolute atomic E-state index is 0.0153. The summed E-state index contributed by atoms with van der Waals surface area (Å²) in [7, 11) is 3.48. The van der Waals surface area contributed by atoms with Crippen molar-refractivity contribution in [2.75, 3.05) is 72.9 Å². The van der Waals surface area contributed by atoms with E-state index >= 15 is 13.2 Å². The highest BCUT2D eigenvalue weighted by molar-refractivity contribution is 6.04. The Balaban J connectivity index is 0.791. The molecule has 10 rings (SSSR count). The molecular weight excluding hydrogens is 804 g/mol. The van der Waals surface area contributed by atoms with Crippen LogP contribution in [0.3, 0.4) is 0 Å². The molecule has 326 valence electrons. The number of carbonyl (C=O) groups excluding carboxylic acids is 2. The van der Waals surface area contributed by atoms with E-state index in [4.69, 9.17) is 9.84 Å². The Morgan fingerprint density at radius 1 is 0.968 bits per heavy atom. The Labute approximate surface area is 355 Å². The van der Waals surface area contributed by atoms with Crippen LogP contribution in [0, 0.1) is 23.6 Å². The fourth-order valence-electron chi connectivity index (χ4n) is 9.98. The largest absolute Gasteiger partial charge is 0.480 e. The molecule has 62 heavy (non-hydrogen) atoms. The molecule has 7 heterocycles. The monoisotopic (exact) mass is 853 g/mol. The van der Waals surface area contributed by atoms with Crippen LogP contribution >= 0.6 is 0 Å². The van der Waals surface area contributed by atoms with Crippen LogP contribution in [0.15, 0.2) is 47.4 Å². The molecule has 5 aromatic rings. The van der Waals surface area contributed by atoms with Crippen LogP contribution in [-0.2, 0) is 23.7 Å². The van der Waals surface area contributed by atoms with Crippen LogP contribution in [0.2, 0.25) is 0 Å². The van der Waals surface area contributed by atoms with Gasteiger partial charge in [-0.1, -0.05) is 19.1 Å². The van der Waals surface area contributed by atoms with Gasteiger partial charge in [0.25, 0.3) is 5.56 Å². The van der Waals surface area contributed by atoms with Crippen molar-refractivity contribution in [1.82, 2.24) is 34.5 Å². The fraction of sp³-hybridized carbons (Fsp3) is 0.500. The van der Waals surface area contributed by atoms with Crippen LogP contribution in [0.1, 0.15) is 50.6 Å². The summed E-state index contributed by atoms with van der Waals surface area (Å²) in [4.78, 5) is 53.8. The quantitative estimate of drug-likeness (QED) is 0.178. The normalized spacial score (nSPS) is 24.4. The van der Waals surface area contributed by atoms with Crippen molar-refractivity contribution in [3.8, 4) is 5.75 Å². The highest BCUT2D eigenvalue weighted by Crippen LogP contribution is 2.46. The first-order chi connectivity index (χ1) is 29.8. The molecule has 3 saturated heterocycles. The number of rotatable bonds is 8. The summed E-state index contributed by atoms with van der Waals surface area (Å²) in [6.45, 7) is 7.25. The zero-order valence-corrected chi connectivity index (χ0v) is 35.0. The minimum atomic E-state index is -3.16. The van der Waals surface area contributed by atoms with E-state index in [0.29, 0.717) is 78.8 Å². The van der Waals surface area contributed by atoms with Crippen LogP contribution in [0.4, 0.5) is 42.0 Å². The second kappa shape index (κ2) is 15.5. The van der Waals surface area contributed by atoms with Crippen molar-refractivity contribution in [3.63, 3.8) is 0 Å². The maximum Gasteiger partial charge on any atom is 0.301 e. The van der Waals surface area contributed by atoms with E-state index in [2.05, 4.69) is 53.6 Å². The van der Waals surface area contributed by atoms with Crippen molar-refractivity contribution < 1.29 is 27.5 Å². The lowest BCUT2D eigenvalue weighted by Gasteiger charge is -2.42. The number of nitrogens with zero attached hydrogens (tertiary/aromatic N) is 8. The average molecular weight is 854 g/mol. The van der Waals surface area contributed by atoms with Gasteiger partial charge in [-0.25, -0.2) is 18.2 Å². The summed E-state index contributed by atoms with van der Waals surface area (Å²) >= 11 is 0. The molecule has 0 spiro atoms. The number of ether oxygens (including phenoxy) is 1. The lowest BCUT2D eigenvalue weighted by Crippen LogP contribution is -2.50. The van der Waals surface area contributed by atoms with Gasteiger partial charge in [0.1, 0.15) is 0 Å². The highest BCUT2D eigenvalue weighted by Gasteiger charge is 2.51. The standard InChI is InChI=1S/C44H50F3N11O4/c1-24-21-58(14-13-26(24)22-56-15-17-57(18-16-56)33-6-4-5-28-35(53-55(3)37(28)33)29-10-12-34(59)50-41(29)60)43-48-20-31(45)40(52-43)49-27-9-11-32-30(19-27)36-38(42(61)54(32)2)62-23-44(46,47)39(51-36)25-7-8-25/h4-6,9,11,19-20,24-26,29,39,51H,7-8,10,12-18,21-23H2,1-3H3,(H,48,49,52)(H,50,59,60)/t24-,26-,29?,39+/m1/s1. The number of fused-ring (bicyclic) bond motifs is 4. The summed E-state index contributed by atoms with van der Waals surface area (Å²) in [5.74, 6) is -3.98.